The second kappa shape index (κ2) is 5.42. The molecule has 14 heavy (non-hydrogen) atoms. The SMILES string of the molecule is CC1OC(CN=C=O)C(CN=C=O)O1. The molecular formula is C8H10N2O4. The number of hydrogen-bond donors (Lipinski definition) is 0. The molecule has 1 aliphatic heterocycles. The molecule has 0 N–H and O–H groups in total. The molecule has 0 aromatic rings. The van der Waals surface area contributed by atoms with Crippen molar-refractivity contribution in [1.29, 1.82) is 0 Å². The summed E-state index contributed by atoms with van der Waals surface area (Å²) in [7, 11) is 0. The fourth-order valence-corrected chi connectivity index (χ4v) is 1.28. The van der Waals surface area contributed by atoms with Gasteiger partial charge in [0.05, 0.1) is 13.1 Å². The minimum absolute atomic E-state index is 0.173. The number of isocyanates is 2. The van der Waals surface area contributed by atoms with Gasteiger partial charge in [-0.15, -0.1) is 0 Å². The third-order valence-electron chi connectivity index (χ3n) is 1.82. The van der Waals surface area contributed by atoms with Crippen molar-refractivity contribution in [1.82, 2.24) is 0 Å². The van der Waals surface area contributed by atoms with E-state index < -0.39 is 0 Å². The van der Waals surface area contributed by atoms with Crippen LogP contribution in [-0.4, -0.2) is 43.7 Å². The Morgan fingerprint density at radius 1 is 1.07 bits per heavy atom. The Kier molecular flexibility index (Phi) is 4.16. The Bertz CT molecular complexity index is 253. The first-order chi connectivity index (χ1) is 6.77. The molecule has 1 rings (SSSR count). The van der Waals surface area contributed by atoms with Crippen LogP contribution in [0.4, 0.5) is 0 Å². The van der Waals surface area contributed by atoms with E-state index >= 15 is 0 Å². The molecule has 2 atom stereocenters. The average Bonchev–Trinajstić information content (AvgIpc) is 2.52. The summed E-state index contributed by atoms with van der Waals surface area (Å²) < 4.78 is 10.6. The van der Waals surface area contributed by atoms with Crippen molar-refractivity contribution in [2.45, 2.75) is 25.4 Å². The standard InChI is InChI=1S/C8H10N2O4/c1-6-13-7(2-9-4-11)8(14-6)3-10-5-12/h6-8H,2-3H2,1H3. The van der Waals surface area contributed by atoms with E-state index in [0.717, 1.165) is 0 Å². The van der Waals surface area contributed by atoms with Gasteiger partial charge in [0.25, 0.3) is 0 Å². The fraction of sp³-hybridized carbons (Fsp3) is 0.750. The molecule has 0 spiro atoms. The maximum absolute atomic E-state index is 9.89. The third-order valence-corrected chi connectivity index (χ3v) is 1.82. The number of nitrogens with zero attached hydrogens (tertiary/aromatic N) is 2. The largest absolute Gasteiger partial charge is 0.345 e. The van der Waals surface area contributed by atoms with Gasteiger partial charge in [-0.1, -0.05) is 0 Å². The molecule has 6 nitrogen and oxygen atoms in total. The van der Waals surface area contributed by atoms with Crippen LogP contribution in [0, 0.1) is 0 Å². The van der Waals surface area contributed by atoms with Crippen LogP contribution in [0.25, 0.3) is 0 Å². The first-order valence-corrected chi connectivity index (χ1v) is 4.16. The lowest BCUT2D eigenvalue weighted by atomic mass is 10.2. The van der Waals surface area contributed by atoms with Crippen molar-refractivity contribution in [2.24, 2.45) is 9.98 Å². The Hall–Kier alpha value is -1.32. The van der Waals surface area contributed by atoms with Gasteiger partial charge in [0.1, 0.15) is 12.2 Å². The molecule has 1 aliphatic rings. The molecule has 6 heteroatoms. The molecule has 0 aromatic carbocycles. The Labute approximate surface area is 80.6 Å². The van der Waals surface area contributed by atoms with E-state index in [0.29, 0.717) is 0 Å². The molecular weight excluding hydrogens is 188 g/mol. The van der Waals surface area contributed by atoms with Gasteiger partial charge in [0.15, 0.2) is 6.29 Å². The van der Waals surface area contributed by atoms with Crippen LogP contribution in [0.1, 0.15) is 6.92 Å². The summed E-state index contributed by atoms with van der Waals surface area (Å²) in [6.07, 6.45) is 1.78. The van der Waals surface area contributed by atoms with Crippen molar-refractivity contribution in [3.8, 4) is 0 Å². The summed E-state index contributed by atoms with van der Waals surface area (Å²) in [5, 5.41) is 0. The molecule has 1 saturated heterocycles. The van der Waals surface area contributed by atoms with Crippen LogP contribution in [0.2, 0.25) is 0 Å². The van der Waals surface area contributed by atoms with Crippen LogP contribution in [0.5, 0.6) is 0 Å². The number of aliphatic imine (C=N–C) groups is 2. The van der Waals surface area contributed by atoms with E-state index in [9.17, 15) is 9.59 Å². The lowest BCUT2D eigenvalue weighted by molar-refractivity contribution is -0.0487. The zero-order valence-electron chi connectivity index (χ0n) is 7.67. The Morgan fingerprint density at radius 3 is 1.86 bits per heavy atom. The smallest absolute Gasteiger partial charge is 0.235 e. The average molecular weight is 198 g/mol. The summed E-state index contributed by atoms with van der Waals surface area (Å²) >= 11 is 0. The molecule has 0 amide bonds. The van der Waals surface area contributed by atoms with Crippen LogP contribution in [-0.2, 0) is 19.1 Å². The fourth-order valence-electron chi connectivity index (χ4n) is 1.28. The Morgan fingerprint density at radius 2 is 1.50 bits per heavy atom. The molecule has 1 heterocycles. The first kappa shape index (κ1) is 10.8. The van der Waals surface area contributed by atoms with E-state index in [2.05, 4.69) is 9.98 Å². The highest BCUT2D eigenvalue weighted by Crippen LogP contribution is 2.19. The van der Waals surface area contributed by atoms with E-state index in [1.54, 1.807) is 6.92 Å². The van der Waals surface area contributed by atoms with E-state index in [-0.39, 0.29) is 31.6 Å². The van der Waals surface area contributed by atoms with Crippen LogP contribution in [0.15, 0.2) is 9.98 Å². The van der Waals surface area contributed by atoms with Crippen molar-refractivity contribution in [3.63, 3.8) is 0 Å². The quantitative estimate of drug-likeness (QED) is 0.462. The second-order valence-electron chi connectivity index (χ2n) is 2.78. The summed E-state index contributed by atoms with van der Waals surface area (Å²) in [6, 6.07) is 0. The lowest BCUT2D eigenvalue weighted by Crippen LogP contribution is -2.28. The zero-order valence-corrected chi connectivity index (χ0v) is 7.67. The van der Waals surface area contributed by atoms with Crippen LogP contribution >= 0.6 is 0 Å². The highest BCUT2D eigenvalue weighted by Gasteiger charge is 2.33. The topological polar surface area (TPSA) is 77.3 Å². The van der Waals surface area contributed by atoms with Gasteiger partial charge in [-0.3, -0.25) is 0 Å². The zero-order chi connectivity index (χ0) is 10.4. The maximum Gasteiger partial charge on any atom is 0.235 e. The normalized spacial score (nSPS) is 30.5. The molecule has 0 aromatic heterocycles. The molecule has 0 bridgehead atoms. The van der Waals surface area contributed by atoms with E-state index in [1.807, 2.05) is 0 Å². The highest BCUT2D eigenvalue weighted by atomic mass is 16.7. The van der Waals surface area contributed by atoms with Gasteiger partial charge in [0.2, 0.25) is 12.2 Å². The molecule has 0 saturated carbocycles. The molecule has 0 radical (unpaired) electrons. The number of ether oxygens (including phenoxy) is 2. The number of hydrogen-bond acceptors (Lipinski definition) is 6. The highest BCUT2D eigenvalue weighted by molar-refractivity contribution is 5.33. The van der Waals surface area contributed by atoms with Crippen LogP contribution in [0.3, 0.4) is 0 Å². The van der Waals surface area contributed by atoms with Crippen molar-refractivity contribution in [3.05, 3.63) is 0 Å². The minimum atomic E-state index is -0.367. The van der Waals surface area contributed by atoms with Gasteiger partial charge >= 0.3 is 0 Å². The lowest BCUT2D eigenvalue weighted by Gasteiger charge is -2.10. The number of rotatable bonds is 4. The van der Waals surface area contributed by atoms with Gasteiger partial charge in [-0.2, -0.15) is 0 Å². The molecule has 1 fully saturated rings. The predicted molar refractivity (Wildman–Crippen MR) is 45.2 cm³/mol. The summed E-state index contributed by atoms with van der Waals surface area (Å²) in [6.45, 7) is 2.07. The number of carbonyl (C=O) groups excluding carboxylic acids is 2. The molecule has 76 valence electrons. The summed E-state index contributed by atoms with van der Waals surface area (Å²) in [5.41, 5.74) is 0. The van der Waals surface area contributed by atoms with Gasteiger partial charge in [0, 0.05) is 0 Å². The minimum Gasteiger partial charge on any atom is -0.345 e. The molecule has 2 unspecified atom stereocenters. The second-order valence-corrected chi connectivity index (χ2v) is 2.78. The van der Waals surface area contributed by atoms with Gasteiger partial charge in [-0.25, -0.2) is 19.6 Å². The van der Waals surface area contributed by atoms with E-state index in [4.69, 9.17) is 9.47 Å². The monoisotopic (exact) mass is 198 g/mol. The van der Waals surface area contributed by atoms with Crippen molar-refractivity contribution < 1.29 is 19.1 Å². The van der Waals surface area contributed by atoms with Crippen molar-refractivity contribution >= 4 is 12.2 Å². The predicted octanol–water partition coefficient (Wildman–Crippen LogP) is -0.212. The van der Waals surface area contributed by atoms with E-state index in [1.165, 1.54) is 12.2 Å². The molecule has 0 aliphatic carbocycles. The maximum atomic E-state index is 9.89. The Balaban J connectivity index is 2.52. The summed E-state index contributed by atoms with van der Waals surface area (Å²) in [4.78, 5) is 26.6. The van der Waals surface area contributed by atoms with Crippen molar-refractivity contribution in [2.75, 3.05) is 13.1 Å². The summed E-state index contributed by atoms with van der Waals surface area (Å²) in [5.74, 6) is 0. The first-order valence-electron chi connectivity index (χ1n) is 4.16. The van der Waals surface area contributed by atoms with Gasteiger partial charge in [-0.05, 0) is 6.92 Å². The van der Waals surface area contributed by atoms with Gasteiger partial charge < -0.3 is 9.47 Å². The van der Waals surface area contributed by atoms with Crippen LogP contribution < -0.4 is 0 Å². The third kappa shape index (κ3) is 2.87.